The van der Waals surface area contributed by atoms with Gasteiger partial charge in [-0.25, -0.2) is 4.98 Å². The summed E-state index contributed by atoms with van der Waals surface area (Å²) in [5.74, 6) is 4.80. The molecule has 3 aliphatic carbocycles. The maximum Gasteiger partial charge on any atom is 0.273 e. The van der Waals surface area contributed by atoms with Crippen molar-refractivity contribution in [3.63, 3.8) is 0 Å². The first kappa shape index (κ1) is 33.0. The number of rotatable bonds is 6. The lowest BCUT2D eigenvalue weighted by Crippen LogP contribution is -2.54. The second kappa shape index (κ2) is 12.9. The molecule has 0 spiro atoms. The van der Waals surface area contributed by atoms with Gasteiger partial charge in [0.15, 0.2) is 6.79 Å². The molecule has 2 saturated carbocycles. The molecule has 3 unspecified atom stereocenters. The summed E-state index contributed by atoms with van der Waals surface area (Å²) in [6, 6.07) is 15.6. The molecule has 3 heterocycles. The fourth-order valence-electron chi connectivity index (χ4n) is 10.3. The van der Waals surface area contributed by atoms with Crippen LogP contribution in [-0.2, 0) is 16.0 Å². The third kappa shape index (κ3) is 5.34. The van der Waals surface area contributed by atoms with Crippen LogP contribution in [0.2, 0.25) is 0 Å². The Kier molecular flexibility index (Phi) is 8.51. The highest BCUT2D eigenvalue weighted by atomic mass is 16.7. The predicted octanol–water partition coefficient (Wildman–Crippen LogP) is 5.39. The maximum atomic E-state index is 14.0. The van der Waals surface area contributed by atoms with E-state index < -0.39 is 11.6 Å². The number of anilines is 1. The van der Waals surface area contributed by atoms with E-state index >= 15 is 0 Å². The van der Waals surface area contributed by atoms with Gasteiger partial charge in [0.2, 0.25) is 5.91 Å². The van der Waals surface area contributed by atoms with Crippen LogP contribution in [0.1, 0.15) is 79.4 Å². The average molecular weight is 677 g/mol. The zero-order valence-electron chi connectivity index (χ0n) is 29.3. The van der Waals surface area contributed by atoms with Crippen molar-refractivity contribution in [1.29, 1.82) is 0 Å². The highest BCUT2D eigenvalue weighted by Crippen LogP contribution is 2.64. The summed E-state index contributed by atoms with van der Waals surface area (Å²) in [5.41, 5.74) is 3.70. The van der Waals surface area contributed by atoms with Gasteiger partial charge in [-0.15, -0.1) is 6.42 Å². The molecule has 2 amide bonds. The van der Waals surface area contributed by atoms with Gasteiger partial charge in [-0.2, -0.15) is 0 Å². The van der Waals surface area contributed by atoms with E-state index in [1.807, 2.05) is 35.2 Å². The van der Waals surface area contributed by atoms with Crippen LogP contribution in [0, 0.1) is 29.6 Å². The number of piperazine rings is 1. The molecule has 0 bridgehead atoms. The van der Waals surface area contributed by atoms with Crippen LogP contribution in [0.3, 0.4) is 0 Å². The van der Waals surface area contributed by atoms with Crippen molar-refractivity contribution in [3.05, 3.63) is 65.4 Å². The van der Waals surface area contributed by atoms with E-state index in [1.54, 1.807) is 18.1 Å². The van der Waals surface area contributed by atoms with Crippen LogP contribution >= 0.6 is 0 Å². The monoisotopic (exact) mass is 676 g/mol. The quantitative estimate of drug-likeness (QED) is 0.276. The fraction of sp³-hybridized carbons (Fsp3) is 0.537. The molecule has 50 heavy (non-hydrogen) atoms. The van der Waals surface area contributed by atoms with Crippen LogP contribution in [0.25, 0.3) is 10.9 Å². The fourth-order valence-corrected chi connectivity index (χ4v) is 10.3. The number of aliphatic hydroxyl groups is 1. The Hall–Kier alpha value is -4.13. The average Bonchev–Trinajstić information content (AvgIpc) is 3.75. The molecule has 5 aliphatic rings. The number of para-hydroxylation sites is 1. The highest BCUT2D eigenvalue weighted by molar-refractivity contribution is 5.98. The molecule has 1 N–H and O–H groups in total. The zero-order chi connectivity index (χ0) is 34.6. The zero-order valence-corrected chi connectivity index (χ0v) is 29.3. The predicted molar refractivity (Wildman–Crippen MR) is 192 cm³/mol. The van der Waals surface area contributed by atoms with E-state index in [0.29, 0.717) is 69.0 Å². The summed E-state index contributed by atoms with van der Waals surface area (Å²) >= 11 is 0. The number of carbonyl (C=O) groups excluding carboxylic acids is 2. The lowest BCUT2D eigenvalue weighted by atomic mass is 9.53. The van der Waals surface area contributed by atoms with Crippen LogP contribution in [-0.4, -0.2) is 90.0 Å². The van der Waals surface area contributed by atoms with Crippen molar-refractivity contribution in [2.75, 3.05) is 51.5 Å². The molecule has 8 rings (SSSR count). The Balaban J connectivity index is 0.987. The van der Waals surface area contributed by atoms with E-state index in [2.05, 4.69) is 34.9 Å². The Bertz CT molecular complexity index is 1850. The van der Waals surface area contributed by atoms with E-state index in [-0.39, 0.29) is 24.0 Å². The van der Waals surface area contributed by atoms with E-state index in [1.165, 1.54) is 11.1 Å². The number of likely N-dealkylation sites (tertiary alicyclic amines) is 1. The van der Waals surface area contributed by atoms with Gasteiger partial charge in [-0.05, 0) is 105 Å². The smallest absolute Gasteiger partial charge is 0.273 e. The molecule has 262 valence electrons. The van der Waals surface area contributed by atoms with Gasteiger partial charge in [-0.3, -0.25) is 9.59 Å². The van der Waals surface area contributed by atoms with Gasteiger partial charge in [0.1, 0.15) is 23.1 Å². The normalized spacial score (nSPS) is 30.4. The third-order valence-corrected chi connectivity index (χ3v) is 13.1. The van der Waals surface area contributed by atoms with Gasteiger partial charge in [0, 0.05) is 50.6 Å². The number of hydrogen-bond donors (Lipinski definition) is 1. The molecule has 3 aromatic rings. The van der Waals surface area contributed by atoms with Crippen molar-refractivity contribution in [1.82, 2.24) is 14.8 Å². The molecule has 6 atom stereocenters. The first-order valence-electron chi connectivity index (χ1n) is 18.4. The van der Waals surface area contributed by atoms with Crippen molar-refractivity contribution in [2.45, 2.75) is 75.9 Å². The van der Waals surface area contributed by atoms with Crippen LogP contribution in [0.15, 0.2) is 48.5 Å². The Morgan fingerprint density at radius 3 is 2.64 bits per heavy atom. The number of benzene rings is 2. The lowest BCUT2D eigenvalue weighted by Gasteiger charge is -2.52. The number of fused-ring (bicyclic) bond motifs is 6. The first-order chi connectivity index (χ1) is 24.2. The van der Waals surface area contributed by atoms with Gasteiger partial charge in [0.05, 0.1) is 11.2 Å². The van der Waals surface area contributed by atoms with Crippen molar-refractivity contribution < 1.29 is 24.2 Å². The summed E-state index contributed by atoms with van der Waals surface area (Å²) in [5, 5.41) is 12.4. The molecular formula is C41H48N4O5. The van der Waals surface area contributed by atoms with E-state index in [9.17, 15) is 14.7 Å². The molecule has 9 nitrogen and oxygen atoms in total. The number of amides is 2. The van der Waals surface area contributed by atoms with Crippen LogP contribution in [0.5, 0.6) is 5.75 Å². The Labute approximate surface area is 294 Å². The number of aryl methyl sites for hydroxylation is 1. The third-order valence-electron chi connectivity index (χ3n) is 13.1. The molecule has 2 saturated heterocycles. The SMILES string of the molecule is C#C[C@]1(O)CCC2C3CCc4cc(OCOC)c(N5CCN(C(=O)[C@@H]6CCCN6C(=O)c6ccc7ccccc7n6)CC5)cc4C3CC[C@@]21C. The Morgan fingerprint density at radius 1 is 1.02 bits per heavy atom. The summed E-state index contributed by atoms with van der Waals surface area (Å²) in [4.78, 5) is 38.2. The molecular weight excluding hydrogens is 628 g/mol. The number of ether oxygens (including phenoxy) is 2. The minimum Gasteiger partial charge on any atom is -0.465 e. The van der Waals surface area contributed by atoms with Gasteiger partial charge in [0.25, 0.3) is 5.91 Å². The lowest BCUT2D eigenvalue weighted by molar-refractivity contribution is -0.135. The van der Waals surface area contributed by atoms with Gasteiger partial charge < -0.3 is 29.3 Å². The summed E-state index contributed by atoms with van der Waals surface area (Å²) in [6.45, 7) is 5.44. The molecule has 9 heteroatoms. The highest BCUT2D eigenvalue weighted by Gasteiger charge is 2.61. The number of carbonyl (C=O) groups is 2. The number of terminal acetylenes is 1. The standard InChI is InChI=1S/C41H48N4O5/c1-4-41(48)18-16-32-30-13-11-28-24-37(50-26-49-3)36(25-31(28)29(30)15-17-40(32,41)2)43-20-22-44(23-21-43)39(47)35-10-7-19-45(35)38(46)34-14-12-27-8-5-6-9-33(27)42-34/h1,5-6,8-9,12,14,24-25,29-30,32,35,48H,7,10-11,13,15-23,26H2,2-3H3/t29?,30?,32?,35-,40-,41-/m0/s1. The van der Waals surface area contributed by atoms with E-state index in [0.717, 1.165) is 60.9 Å². The van der Waals surface area contributed by atoms with Gasteiger partial charge >= 0.3 is 0 Å². The van der Waals surface area contributed by atoms with Crippen molar-refractivity contribution >= 4 is 28.4 Å². The minimum absolute atomic E-state index is 0.0224. The van der Waals surface area contributed by atoms with Crippen molar-refractivity contribution in [2.24, 2.45) is 17.3 Å². The minimum atomic E-state index is -1.01. The summed E-state index contributed by atoms with van der Waals surface area (Å²) < 4.78 is 11.5. The number of nitrogens with zero attached hydrogens (tertiary/aromatic N) is 4. The molecule has 2 aromatic carbocycles. The first-order valence-corrected chi connectivity index (χ1v) is 18.4. The Morgan fingerprint density at radius 2 is 1.84 bits per heavy atom. The number of aromatic nitrogens is 1. The molecule has 1 aromatic heterocycles. The number of hydrogen-bond acceptors (Lipinski definition) is 7. The summed E-state index contributed by atoms with van der Waals surface area (Å²) in [6.07, 6.45) is 13.1. The van der Waals surface area contributed by atoms with Crippen molar-refractivity contribution in [3.8, 4) is 18.1 Å². The largest absolute Gasteiger partial charge is 0.465 e. The number of methoxy groups -OCH3 is 1. The molecule has 0 radical (unpaired) electrons. The molecule has 4 fully saturated rings. The molecule has 2 aliphatic heterocycles. The summed E-state index contributed by atoms with van der Waals surface area (Å²) in [7, 11) is 1.64. The maximum absolute atomic E-state index is 14.0. The number of pyridine rings is 1. The van der Waals surface area contributed by atoms with E-state index in [4.69, 9.17) is 15.9 Å². The van der Waals surface area contributed by atoms with Crippen LogP contribution in [0.4, 0.5) is 5.69 Å². The second-order valence-corrected chi connectivity index (χ2v) is 15.3. The van der Waals surface area contributed by atoms with Crippen LogP contribution < -0.4 is 9.64 Å². The second-order valence-electron chi connectivity index (χ2n) is 15.3. The topological polar surface area (TPSA) is 95.4 Å². The van der Waals surface area contributed by atoms with Gasteiger partial charge in [-0.1, -0.05) is 37.1 Å².